The summed E-state index contributed by atoms with van der Waals surface area (Å²) < 4.78 is 11.9. The molecule has 0 unspecified atom stereocenters. The highest BCUT2D eigenvalue weighted by Crippen LogP contribution is 2.66. The largest absolute Gasteiger partial charge is 0.447 e. The Morgan fingerprint density at radius 1 is 1.33 bits per heavy atom. The van der Waals surface area contributed by atoms with Crippen molar-refractivity contribution in [2.45, 2.75) is 51.9 Å². The molecule has 0 saturated carbocycles. The minimum Gasteiger partial charge on any atom is -0.447 e. The van der Waals surface area contributed by atoms with Gasteiger partial charge < -0.3 is 9.47 Å². The van der Waals surface area contributed by atoms with Crippen molar-refractivity contribution in [2.75, 3.05) is 0 Å². The van der Waals surface area contributed by atoms with E-state index in [1.807, 2.05) is 0 Å². The number of hydrogen-bond donors (Lipinski definition) is 1. The first-order chi connectivity index (χ1) is 9.92. The van der Waals surface area contributed by atoms with Crippen LogP contribution in [0.4, 0.5) is 0 Å². The minimum absolute atomic E-state index is 0.0671. The van der Waals surface area contributed by atoms with Crippen LogP contribution in [0, 0.1) is 44.8 Å². The van der Waals surface area contributed by atoms with Crippen LogP contribution in [0.1, 0.15) is 40.0 Å². The van der Waals surface area contributed by atoms with Crippen molar-refractivity contribution < 1.29 is 9.47 Å². The predicted molar refractivity (Wildman–Crippen MR) is 74.3 cm³/mol. The van der Waals surface area contributed by atoms with E-state index < -0.39 is 28.6 Å². The third kappa shape index (κ3) is 1.25. The van der Waals surface area contributed by atoms with E-state index in [1.54, 1.807) is 13.8 Å². The quantitative estimate of drug-likeness (QED) is 0.860. The Labute approximate surface area is 123 Å². The zero-order chi connectivity index (χ0) is 15.5. The van der Waals surface area contributed by atoms with Crippen LogP contribution in [-0.4, -0.2) is 23.6 Å². The van der Waals surface area contributed by atoms with Crippen molar-refractivity contribution in [3.05, 3.63) is 0 Å². The molecule has 0 spiro atoms. The molecule has 3 fully saturated rings. The van der Waals surface area contributed by atoms with E-state index in [0.29, 0.717) is 6.42 Å². The zero-order valence-electron chi connectivity index (χ0n) is 12.4. The Balaban J connectivity index is 2.22. The van der Waals surface area contributed by atoms with Gasteiger partial charge in [0.15, 0.2) is 10.8 Å². The molecule has 4 heterocycles. The summed E-state index contributed by atoms with van der Waals surface area (Å²) in [4.78, 5) is 4.13. The first-order valence-electron chi connectivity index (χ1n) is 7.30. The lowest BCUT2D eigenvalue weighted by Crippen LogP contribution is -2.73. The molecule has 110 valence electrons. The van der Waals surface area contributed by atoms with Gasteiger partial charge in [0.1, 0.15) is 5.84 Å². The predicted octanol–water partition coefficient (Wildman–Crippen LogP) is 2.37. The van der Waals surface area contributed by atoms with Crippen molar-refractivity contribution in [3.8, 4) is 12.1 Å². The van der Waals surface area contributed by atoms with Crippen molar-refractivity contribution in [3.63, 3.8) is 0 Å². The number of ether oxygens (including phenoxy) is 2. The van der Waals surface area contributed by atoms with Crippen molar-refractivity contribution >= 4 is 11.7 Å². The van der Waals surface area contributed by atoms with E-state index in [0.717, 1.165) is 12.8 Å². The maximum Gasteiger partial charge on any atom is 0.218 e. The van der Waals surface area contributed by atoms with Crippen LogP contribution in [-0.2, 0) is 9.47 Å². The van der Waals surface area contributed by atoms with E-state index in [9.17, 15) is 10.5 Å². The van der Waals surface area contributed by atoms with Crippen LogP contribution < -0.4 is 0 Å². The molecular formula is C15H18N4O2. The molecule has 4 bridgehead atoms. The van der Waals surface area contributed by atoms with Crippen molar-refractivity contribution in [1.82, 2.24) is 0 Å². The van der Waals surface area contributed by atoms with Crippen molar-refractivity contribution in [2.24, 2.45) is 21.7 Å². The first-order valence-corrected chi connectivity index (χ1v) is 7.30. The third-order valence-corrected chi connectivity index (χ3v) is 5.31. The summed E-state index contributed by atoms with van der Waals surface area (Å²) >= 11 is 0. The monoisotopic (exact) mass is 286 g/mol. The second-order valence-electron chi connectivity index (χ2n) is 6.19. The van der Waals surface area contributed by atoms with Gasteiger partial charge in [0, 0.05) is 12.8 Å². The maximum atomic E-state index is 9.89. The Kier molecular flexibility index (Phi) is 2.71. The lowest BCUT2D eigenvalue weighted by molar-refractivity contribution is -0.330. The number of fused-ring (bicyclic) bond motifs is 1. The number of nitrogens with zero attached hydrogens (tertiary/aromatic N) is 3. The number of unbranched alkanes of at least 4 members (excludes halogenated alkanes) is 1. The van der Waals surface area contributed by atoms with Crippen LogP contribution in [0.2, 0.25) is 0 Å². The highest BCUT2D eigenvalue weighted by molar-refractivity contribution is 6.12. The molecule has 21 heavy (non-hydrogen) atoms. The number of nitrogens with one attached hydrogen (secondary N) is 1. The fourth-order valence-electron chi connectivity index (χ4n) is 3.96. The van der Waals surface area contributed by atoms with Crippen LogP contribution in [0.15, 0.2) is 4.99 Å². The van der Waals surface area contributed by atoms with Crippen LogP contribution in [0.3, 0.4) is 0 Å². The minimum atomic E-state index is -1.29. The van der Waals surface area contributed by atoms with E-state index in [-0.39, 0.29) is 11.7 Å². The van der Waals surface area contributed by atoms with Gasteiger partial charge in [-0.25, -0.2) is 0 Å². The third-order valence-electron chi connectivity index (χ3n) is 5.31. The molecule has 0 amide bonds. The number of amidine groups is 1. The van der Waals surface area contributed by atoms with Gasteiger partial charge in [0.2, 0.25) is 11.7 Å². The van der Waals surface area contributed by atoms with Gasteiger partial charge in [-0.2, -0.15) is 15.5 Å². The Morgan fingerprint density at radius 3 is 2.57 bits per heavy atom. The summed E-state index contributed by atoms with van der Waals surface area (Å²) in [7, 11) is 0. The fourth-order valence-corrected chi connectivity index (χ4v) is 3.96. The Hall–Kier alpha value is -1.92. The molecule has 0 aromatic heterocycles. The highest BCUT2D eigenvalue weighted by atomic mass is 16.7. The Morgan fingerprint density at radius 2 is 2.00 bits per heavy atom. The van der Waals surface area contributed by atoms with Gasteiger partial charge in [-0.15, -0.1) is 0 Å². The summed E-state index contributed by atoms with van der Waals surface area (Å²) in [5.41, 5.74) is -2.56. The average molecular weight is 286 g/mol. The molecule has 0 aromatic rings. The second kappa shape index (κ2) is 4.05. The first kappa shape index (κ1) is 14.0. The normalized spacial score (nSPS) is 46.5. The van der Waals surface area contributed by atoms with Gasteiger partial charge in [-0.3, -0.25) is 5.41 Å². The number of rotatable bonds is 3. The van der Waals surface area contributed by atoms with E-state index in [1.165, 1.54) is 0 Å². The molecule has 6 nitrogen and oxygen atoms in total. The second-order valence-corrected chi connectivity index (χ2v) is 6.19. The lowest BCUT2D eigenvalue weighted by atomic mass is 9.51. The summed E-state index contributed by atoms with van der Waals surface area (Å²) in [6, 6.07) is 4.49. The topological polar surface area (TPSA) is 102 Å². The molecular weight excluding hydrogens is 268 g/mol. The van der Waals surface area contributed by atoms with Crippen LogP contribution >= 0.6 is 0 Å². The summed E-state index contributed by atoms with van der Waals surface area (Å²) in [5.74, 6) is -1.31. The molecule has 0 aromatic carbocycles. The molecule has 0 aliphatic carbocycles. The molecule has 1 N–H and O–H groups in total. The zero-order valence-corrected chi connectivity index (χ0v) is 12.4. The molecule has 4 aliphatic heterocycles. The molecule has 3 saturated heterocycles. The number of hydrogen-bond acceptors (Lipinski definition) is 5. The lowest BCUT2D eigenvalue weighted by Gasteiger charge is -2.60. The van der Waals surface area contributed by atoms with Gasteiger partial charge >= 0.3 is 0 Å². The van der Waals surface area contributed by atoms with Crippen LogP contribution in [0.25, 0.3) is 0 Å². The number of nitriles is 2. The molecule has 6 heteroatoms. The molecule has 4 rings (SSSR count). The standard InChI is InChI=1S/C15H18N4O2/c1-4-5-6-10-15(8-17)12-19-11(18)14(15,7-16)9(2)13(3,20-10)21-12/h9-10,18H,4-6H2,1-3H3/t9-,10-,13-,14+,15-/m0/s1. The van der Waals surface area contributed by atoms with Gasteiger partial charge in [-0.1, -0.05) is 26.7 Å². The summed E-state index contributed by atoms with van der Waals surface area (Å²) in [6.45, 7) is 5.64. The van der Waals surface area contributed by atoms with E-state index in [4.69, 9.17) is 14.9 Å². The molecule has 5 atom stereocenters. The van der Waals surface area contributed by atoms with Crippen LogP contribution in [0.5, 0.6) is 0 Å². The summed E-state index contributed by atoms with van der Waals surface area (Å²) in [6.07, 6.45) is 2.06. The molecule has 0 radical (unpaired) electrons. The Bertz CT molecular complexity index is 631. The summed E-state index contributed by atoms with van der Waals surface area (Å²) in [5, 5.41) is 27.9. The van der Waals surface area contributed by atoms with Gasteiger partial charge in [0.25, 0.3) is 0 Å². The van der Waals surface area contributed by atoms with Crippen molar-refractivity contribution in [1.29, 1.82) is 15.9 Å². The SMILES string of the molecule is CCCC[C@@H]1O[C@@]2(C)OC3=NC(=N)[C@@](C#N)([C@H]2C)[C@]31C#N. The van der Waals surface area contributed by atoms with E-state index in [2.05, 4.69) is 24.1 Å². The maximum absolute atomic E-state index is 9.89. The van der Waals surface area contributed by atoms with E-state index >= 15 is 0 Å². The van der Waals surface area contributed by atoms with Gasteiger partial charge in [0.05, 0.1) is 18.2 Å². The van der Waals surface area contributed by atoms with Gasteiger partial charge in [-0.05, 0) is 6.42 Å². The highest BCUT2D eigenvalue weighted by Gasteiger charge is 2.81. The smallest absolute Gasteiger partial charge is 0.218 e. The fraction of sp³-hybridized carbons (Fsp3) is 0.733. The average Bonchev–Trinajstić information content (AvgIpc) is 2.68. The molecule has 4 aliphatic rings. The number of aliphatic imine (C=N–C) groups is 1.